The average Bonchev–Trinajstić information content (AvgIpc) is 3.39. The van der Waals surface area contributed by atoms with Gasteiger partial charge in [-0.05, 0) is 50.1 Å². The van der Waals surface area contributed by atoms with Crippen LogP contribution in [0.1, 0.15) is 34.2 Å². The smallest absolute Gasteiger partial charge is 0.268 e. The predicted octanol–water partition coefficient (Wildman–Crippen LogP) is 2.97. The summed E-state index contributed by atoms with van der Waals surface area (Å²) in [6.45, 7) is 5.30. The lowest BCUT2D eigenvalue weighted by atomic mass is 10.1. The quantitative estimate of drug-likeness (QED) is 0.657. The first kappa shape index (κ1) is 21.0. The number of nitrogens with zero attached hydrogens (tertiary/aromatic N) is 4. The van der Waals surface area contributed by atoms with E-state index in [0.29, 0.717) is 24.0 Å². The van der Waals surface area contributed by atoms with Crippen LogP contribution in [-0.2, 0) is 9.53 Å². The molecule has 0 bridgehead atoms. The van der Waals surface area contributed by atoms with E-state index in [9.17, 15) is 9.59 Å². The van der Waals surface area contributed by atoms with E-state index in [1.54, 1.807) is 11.9 Å². The number of ether oxygens (including phenoxy) is 1. The van der Waals surface area contributed by atoms with Crippen LogP contribution in [0, 0.1) is 6.92 Å². The third kappa shape index (κ3) is 3.86. The number of carbonyl (C=O) groups excluding carboxylic acids is 2. The number of hydrogen-bond donors (Lipinski definition) is 1. The maximum atomic E-state index is 13.3. The standard InChI is InChI=1S/C23H27N5O3S/c1-15-19-13-20(32-23(19)28(25-15)18-7-11-31-12-8-18)22(30)26(2)16-3-5-17(6-4-16)27-10-9-24-21(29)14-27/h3-6,13,18H,7-12,14H2,1-2H3,(H,24,29). The Balaban J connectivity index is 1.36. The monoisotopic (exact) mass is 453 g/mol. The third-order valence-corrected chi connectivity index (χ3v) is 7.37. The van der Waals surface area contributed by atoms with Gasteiger partial charge in [0.25, 0.3) is 5.91 Å². The molecule has 2 amide bonds. The Morgan fingerprint density at radius 1 is 1.25 bits per heavy atom. The molecule has 4 heterocycles. The molecule has 0 aliphatic carbocycles. The molecule has 8 nitrogen and oxygen atoms in total. The number of aryl methyl sites for hydroxylation is 1. The number of aromatic nitrogens is 2. The fourth-order valence-corrected chi connectivity index (χ4v) is 5.59. The molecule has 0 radical (unpaired) electrons. The molecule has 0 saturated carbocycles. The lowest BCUT2D eigenvalue weighted by Crippen LogP contribution is -2.47. The summed E-state index contributed by atoms with van der Waals surface area (Å²) in [7, 11) is 1.80. The molecule has 9 heteroatoms. The highest BCUT2D eigenvalue weighted by atomic mass is 32.1. The first-order valence-corrected chi connectivity index (χ1v) is 11.8. The summed E-state index contributed by atoms with van der Waals surface area (Å²) >= 11 is 1.51. The molecule has 1 N–H and O–H groups in total. The van der Waals surface area contributed by atoms with Crippen LogP contribution in [0.5, 0.6) is 0 Å². The van der Waals surface area contributed by atoms with Crippen molar-refractivity contribution in [2.75, 3.05) is 49.7 Å². The molecule has 3 aromatic rings. The summed E-state index contributed by atoms with van der Waals surface area (Å²) in [4.78, 5) is 30.4. The fraction of sp³-hybridized carbons (Fsp3) is 0.435. The van der Waals surface area contributed by atoms with E-state index in [4.69, 9.17) is 9.84 Å². The van der Waals surface area contributed by atoms with Crippen LogP contribution in [0.2, 0.25) is 0 Å². The van der Waals surface area contributed by atoms with Crippen LogP contribution in [0.25, 0.3) is 10.2 Å². The molecule has 1 aromatic carbocycles. The Hall–Kier alpha value is -2.91. The zero-order valence-corrected chi connectivity index (χ0v) is 19.2. The van der Waals surface area contributed by atoms with Gasteiger partial charge in [0.1, 0.15) is 4.83 Å². The Labute approximate surface area is 190 Å². The number of thiophene rings is 1. The number of rotatable bonds is 4. The lowest BCUT2D eigenvalue weighted by Gasteiger charge is -2.29. The molecule has 2 saturated heterocycles. The van der Waals surface area contributed by atoms with Crippen LogP contribution >= 0.6 is 11.3 Å². The Kier molecular flexibility index (Phi) is 5.60. The molecular weight excluding hydrogens is 426 g/mol. The van der Waals surface area contributed by atoms with Gasteiger partial charge in [-0.3, -0.25) is 14.3 Å². The minimum Gasteiger partial charge on any atom is -0.381 e. The summed E-state index contributed by atoms with van der Waals surface area (Å²) in [5, 5.41) is 8.64. The summed E-state index contributed by atoms with van der Waals surface area (Å²) < 4.78 is 7.59. The second-order valence-corrected chi connectivity index (χ2v) is 9.39. The van der Waals surface area contributed by atoms with E-state index in [0.717, 1.165) is 59.9 Å². The van der Waals surface area contributed by atoms with E-state index in [1.807, 2.05) is 42.2 Å². The SMILES string of the molecule is Cc1nn(C2CCOCC2)c2sc(C(=O)N(C)c3ccc(N4CCNC(=O)C4)cc3)cc12. The zero-order valence-electron chi connectivity index (χ0n) is 18.3. The maximum Gasteiger partial charge on any atom is 0.268 e. The minimum absolute atomic E-state index is 0.0331. The van der Waals surface area contributed by atoms with Crippen molar-refractivity contribution in [3.8, 4) is 0 Å². The minimum atomic E-state index is -0.0331. The highest BCUT2D eigenvalue weighted by molar-refractivity contribution is 7.20. The Bertz CT molecular complexity index is 1150. The summed E-state index contributed by atoms with van der Waals surface area (Å²) in [6, 6.07) is 10.1. The predicted molar refractivity (Wildman–Crippen MR) is 126 cm³/mol. The van der Waals surface area contributed by atoms with Crippen molar-refractivity contribution in [2.45, 2.75) is 25.8 Å². The van der Waals surface area contributed by atoms with Gasteiger partial charge in [-0.25, -0.2) is 0 Å². The van der Waals surface area contributed by atoms with Crippen molar-refractivity contribution in [3.05, 3.63) is 40.9 Å². The van der Waals surface area contributed by atoms with Crippen LogP contribution in [-0.4, -0.2) is 61.5 Å². The number of fused-ring (bicyclic) bond motifs is 1. The molecule has 2 aromatic heterocycles. The summed E-state index contributed by atoms with van der Waals surface area (Å²) in [5.41, 5.74) is 2.76. The topological polar surface area (TPSA) is 79.7 Å². The fourth-order valence-electron chi connectivity index (χ4n) is 4.38. The molecule has 0 atom stereocenters. The van der Waals surface area contributed by atoms with Crippen LogP contribution in [0.3, 0.4) is 0 Å². The number of carbonyl (C=O) groups is 2. The van der Waals surface area contributed by atoms with E-state index in [-0.39, 0.29) is 11.8 Å². The second kappa shape index (κ2) is 8.55. The number of anilines is 2. The molecule has 0 spiro atoms. The largest absolute Gasteiger partial charge is 0.381 e. The van der Waals surface area contributed by atoms with E-state index in [1.165, 1.54) is 11.3 Å². The average molecular weight is 454 g/mol. The van der Waals surface area contributed by atoms with Crippen molar-refractivity contribution >= 4 is 44.7 Å². The van der Waals surface area contributed by atoms with E-state index >= 15 is 0 Å². The number of piperazine rings is 1. The summed E-state index contributed by atoms with van der Waals surface area (Å²) in [5.74, 6) is 0.00113. The van der Waals surface area contributed by atoms with Gasteiger partial charge in [0.15, 0.2) is 0 Å². The molecular formula is C23H27N5O3S. The van der Waals surface area contributed by atoms with Gasteiger partial charge >= 0.3 is 0 Å². The van der Waals surface area contributed by atoms with Gasteiger partial charge in [-0.1, -0.05) is 0 Å². The molecule has 5 rings (SSSR count). The Morgan fingerprint density at radius 2 is 2.00 bits per heavy atom. The molecule has 2 aliphatic rings. The normalized spacial score (nSPS) is 17.6. The first-order valence-electron chi connectivity index (χ1n) is 11.0. The van der Waals surface area contributed by atoms with E-state index in [2.05, 4.69) is 10.00 Å². The van der Waals surface area contributed by atoms with E-state index < -0.39 is 0 Å². The second-order valence-electron chi connectivity index (χ2n) is 8.36. The van der Waals surface area contributed by atoms with Crippen molar-refractivity contribution in [3.63, 3.8) is 0 Å². The van der Waals surface area contributed by atoms with Gasteiger partial charge in [-0.2, -0.15) is 5.10 Å². The highest BCUT2D eigenvalue weighted by Crippen LogP contribution is 2.34. The van der Waals surface area contributed by atoms with Gasteiger partial charge in [-0.15, -0.1) is 11.3 Å². The molecule has 0 unspecified atom stereocenters. The number of amides is 2. The molecule has 168 valence electrons. The van der Waals surface area contributed by atoms with Crippen LogP contribution in [0.4, 0.5) is 11.4 Å². The lowest BCUT2D eigenvalue weighted by molar-refractivity contribution is -0.120. The van der Waals surface area contributed by atoms with Gasteiger partial charge in [0, 0.05) is 50.1 Å². The molecule has 32 heavy (non-hydrogen) atoms. The van der Waals surface area contributed by atoms with Crippen molar-refractivity contribution in [1.82, 2.24) is 15.1 Å². The Morgan fingerprint density at radius 3 is 2.72 bits per heavy atom. The van der Waals surface area contributed by atoms with Crippen molar-refractivity contribution in [1.29, 1.82) is 0 Å². The van der Waals surface area contributed by atoms with Crippen molar-refractivity contribution in [2.24, 2.45) is 0 Å². The van der Waals surface area contributed by atoms with Gasteiger partial charge in [0.2, 0.25) is 5.91 Å². The molecule has 2 aliphatic heterocycles. The van der Waals surface area contributed by atoms with Gasteiger partial charge < -0.3 is 19.9 Å². The number of benzene rings is 1. The molecule has 2 fully saturated rings. The first-order chi connectivity index (χ1) is 15.5. The van der Waals surface area contributed by atoms with Gasteiger partial charge in [0.05, 0.1) is 23.2 Å². The van der Waals surface area contributed by atoms with Crippen LogP contribution in [0.15, 0.2) is 30.3 Å². The third-order valence-electron chi connectivity index (χ3n) is 6.26. The maximum absolute atomic E-state index is 13.3. The highest BCUT2D eigenvalue weighted by Gasteiger charge is 2.24. The summed E-state index contributed by atoms with van der Waals surface area (Å²) in [6.07, 6.45) is 1.89. The number of nitrogens with one attached hydrogen (secondary N) is 1. The zero-order chi connectivity index (χ0) is 22.2. The van der Waals surface area contributed by atoms with Crippen molar-refractivity contribution < 1.29 is 14.3 Å². The number of hydrogen-bond acceptors (Lipinski definition) is 6. The van der Waals surface area contributed by atoms with Crippen LogP contribution < -0.4 is 15.1 Å².